The van der Waals surface area contributed by atoms with Crippen LogP contribution in [0.2, 0.25) is 0 Å². The zero-order chi connectivity index (χ0) is 12.2. The molecule has 0 bridgehead atoms. The van der Waals surface area contributed by atoms with Crippen molar-refractivity contribution in [3.05, 3.63) is 18.0 Å². The van der Waals surface area contributed by atoms with Crippen molar-refractivity contribution in [2.45, 2.75) is 25.9 Å². The Hall–Kier alpha value is -1.46. The van der Waals surface area contributed by atoms with E-state index < -0.39 is 11.9 Å². The highest BCUT2D eigenvalue weighted by atomic mass is 19.4. The van der Waals surface area contributed by atoms with Gasteiger partial charge in [-0.15, -0.1) is 0 Å². The Balaban J connectivity index is 2.83. The molecule has 16 heavy (non-hydrogen) atoms. The fraction of sp³-hybridized carbons (Fsp3) is 0.500. The van der Waals surface area contributed by atoms with Crippen LogP contribution < -0.4 is 11.1 Å². The molecule has 1 aromatic heterocycles. The molecule has 0 aliphatic heterocycles. The third kappa shape index (κ3) is 3.29. The lowest BCUT2D eigenvalue weighted by atomic mass is 10.2. The van der Waals surface area contributed by atoms with Crippen molar-refractivity contribution < 1.29 is 13.2 Å². The van der Waals surface area contributed by atoms with Crippen LogP contribution in [-0.2, 0) is 6.18 Å². The first-order chi connectivity index (χ1) is 7.45. The zero-order valence-corrected chi connectivity index (χ0v) is 8.93. The maximum atomic E-state index is 12.4. The van der Waals surface area contributed by atoms with E-state index >= 15 is 0 Å². The number of halogens is 3. The van der Waals surface area contributed by atoms with Crippen molar-refractivity contribution in [1.82, 2.24) is 4.98 Å². The zero-order valence-electron chi connectivity index (χ0n) is 8.93. The average Bonchev–Trinajstić information content (AvgIpc) is 2.19. The van der Waals surface area contributed by atoms with Crippen LogP contribution in [0.25, 0.3) is 0 Å². The van der Waals surface area contributed by atoms with Gasteiger partial charge in [0.15, 0.2) is 0 Å². The first-order valence-electron chi connectivity index (χ1n) is 5.01. The number of pyridine rings is 1. The Morgan fingerprint density at radius 3 is 2.69 bits per heavy atom. The van der Waals surface area contributed by atoms with Gasteiger partial charge in [-0.1, -0.05) is 13.3 Å². The summed E-state index contributed by atoms with van der Waals surface area (Å²) < 4.78 is 37.1. The minimum Gasteiger partial charge on any atom is -0.396 e. The molecule has 90 valence electrons. The van der Waals surface area contributed by atoms with Crippen molar-refractivity contribution in [2.75, 3.05) is 17.6 Å². The molecular weight excluding hydrogens is 219 g/mol. The van der Waals surface area contributed by atoms with E-state index in [0.717, 1.165) is 25.1 Å². The summed E-state index contributed by atoms with van der Waals surface area (Å²) in [6.07, 6.45) is -1.57. The second-order valence-electron chi connectivity index (χ2n) is 3.43. The Labute approximate surface area is 91.9 Å². The number of nitrogen functional groups attached to an aromatic ring is 1. The quantitative estimate of drug-likeness (QED) is 0.786. The summed E-state index contributed by atoms with van der Waals surface area (Å²) in [5.41, 5.74) is 5.11. The maximum absolute atomic E-state index is 12.4. The Kier molecular flexibility index (Phi) is 3.98. The molecule has 0 saturated carbocycles. The highest BCUT2D eigenvalue weighted by Gasteiger charge is 2.32. The Morgan fingerprint density at radius 1 is 1.44 bits per heavy atom. The first-order valence-corrected chi connectivity index (χ1v) is 5.01. The van der Waals surface area contributed by atoms with Crippen molar-refractivity contribution in [2.24, 2.45) is 0 Å². The Bertz CT molecular complexity index is 350. The van der Waals surface area contributed by atoms with Crippen LogP contribution >= 0.6 is 0 Å². The molecule has 0 amide bonds. The lowest BCUT2D eigenvalue weighted by Crippen LogP contribution is -2.11. The summed E-state index contributed by atoms with van der Waals surface area (Å²) in [5, 5.41) is 2.86. The number of hydrogen-bond donors (Lipinski definition) is 2. The lowest BCUT2D eigenvalue weighted by molar-refractivity contribution is -0.141. The SMILES string of the molecule is CCCCNc1cc(C(F)(F)F)ncc1N. The fourth-order valence-electron chi connectivity index (χ4n) is 1.17. The lowest BCUT2D eigenvalue weighted by Gasteiger charge is -2.11. The fourth-order valence-corrected chi connectivity index (χ4v) is 1.17. The number of rotatable bonds is 4. The maximum Gasteiger partial charge on any atom is 0.433 e. The number of nitrogens with one attached hydrogen (secondary N) is 1. The minimum atomic E-state index is -4.44. The van der Waals surface area contributed by atoms with E-state index in [0.29, 0.717) is 6.54 Å². The smallest absolute Gasteiger partial charge is 0.396 e. The third-order valence-corrected chi connectivity index (χ3v) is 2.07. The molecule has 0 aliphatic carbocycles. The van der Waals surface area contributed by atoms with Gasteiger partial charge in [-0.05, 0) is 12.5 Å². The van der Waals surface area contributed by atoms with E-state index in [1.165, 1.54) is 0 Å². The molecule has 0 aromatic carbocycles. The number of unbranched alkanes of at least 4 members (excludes halogenated alkanes) is 1. The van der Waals surface area contributed by atoms with Gasteiger partial charge in [0.25, 0.3) is 0 Å². The predicted molar refractivity (Wildman–Crippen MR) is 57.0 cm³/mol. The molecule has 1 aromatic rings. The van der Waals surface area contributed by atoms with Gasteiger partial charge in [0, 0.05) is 6.54 Å². The van der Waals surface area contributed by atoms with E-state index in [4.69, 9.17) is 5.73 Å². The molecule has 3 nitrogen and oxygen atoms in total. The molecule has 0 radical (unpaired) electrons. The van der Waals surface area contributed by atoms with Crippen molar-refractivity contribution in [3.63, 3.8) is 0 Å². The molecule has 1 rings (SSSR count). The number of alkyl halides is 3. The minimum absolute atomic E-state index is 0.226. The largest absolute Gasteiger partial charge is 0.433 e. The number of hydrogen-bond acceptors (Lipinski definition) is 3. The molecule has 0 atom stereocenters. The predicted octanol–water partition coefficient (Wildman–Crippen LogP) is 2.89. The average molecular weight is 233 g/mol. The van der Waals surface area contributed by atoms with Gasteiger partial charge in [0.2, 0.25) is 0 Å². The van der Waals surface area contributed by atoms with E-state index in [2.05, 4.69) is 10.3 Å². The second-order valence-corrected chi connectivity index (χ2v) is 3.43. The molecule has 0 spiro atoms. The van der Waals surface area contributed by atoms with Crippen molar-refractivity contribution in [3.8, 4) is 0 Å². The van der Waals surface area contributed by atoms with E-state index in [9.17, 15) is 13.2 Å². The topological polar surface area (TPSA) is 50.9 Å². The summed E-state index contributed by atoms with van der Waals surface area (Å²) in [7, 11) is 0. The summed E-state index contributed by atoms with van der Waals surface area (Å²) in [6, 6.07) is 0.936. The molecule has 6 heteroatoms. The molecule has 0 unspecified atom stereocenters. The number of anilines is 2. The van der Waals surface area contributed by atoms with Crippen LogP contribution in [0, 0.1) is 0 Å². The van der Waals surface area contributed by atoms with Crippen LogP contribution in [0.3, 0.4) is 0 Å². The van der Waals surface area contributed by atoms with Gasteiger partial charge in [0.1, 0.15) is 5.69 Å². The highest BCUT2D eigenvalue weighted by molar-refractivity contribution is 5.65. The van der Waals surface area contributed by atoms with E-state index in [-0.39, 0.29) is 11.4 Å². The monoisotopic (exact) mass is 233 g/mol. The van der Waals surface area contributed by atoms with Gasteiger partial charge < -0.3 is 11.1 Å². The van der Waals surface area contributed by atoms with E-state index in [1.807, 2.05) is 6.92 Å². The van der Waals surface area contributed by atoms with Crippen molar-refractivity contribution >= 4 is 11.4 Å². The van der Waals surface area contributed by atoms with Crippen LogP contribution in [0.1, 0.15) is 25.5 Å². The highest BCUT2D eigenvalue weighted by Crippen LogP contribution is 2.30. The molecule has 0 saturated heterocycles. The third-order valence-electron chi connectivity index (χ3n) is 2.07. The Morgan fingerprint density at radius 2 is 2.12 bits per heavy atom. The van der Waals surface area contributed by atoms with Gasteiger partial charge in [-0.2, -0.15) is 13.2 Å². The second kappa shape index (κ2) is 5.05. The number of nitrogens with two attached hydrogens (primary N) is 1. The van der Waals surface area contributed by atoms with Crippen LogP contribution in [0.15, 0.2) is 12.3 Å². The van der Waals surface area contributed by atoms with Gasteiger partial charge in [0.05, 0.1) is 17.6 Å². The van der Waals surface area contributed by atoms with Gasteiger partial charge >= 0.3 is 6.18 Å². The van der Waals surface area contributed by atoms with E-state index in [1.54, 1.807) is 0 Å². The first kappa shape index (κ1) is 12.6. The van der Waals surface area contributed by atoms with Gasteiger partial charge in [-0.25, -0.2) is 4.98 Å². The van der Waals surface area contributed by atoms with Crippen LogP contribution in [0.5, 0.6) is 0 Å². The summed E-state index contributed by atoms with van der Waals surface area (Å²) in [4.78, 5) is 3.25. The molecule has 3 N–H and O–H groups in total. The standard InChI is InChI=1S/C10H14F3N3/c1-2-3-4-15-8-5-9(10(11,12)13)16-6-7(8)14/h5-6H,2-4,14H2,1H3,(H,15,16). The molecule has 1 heterocycles. The number of aromatic nitrogens is 1. The number of nitrogens with zero attached hydrogens (tertiary/aromatic N) is 1. The normalized spacial score (nSPS) is 11.5. The van der Waals surface area contributed by atoms with Crippen LogP contribution in [-0.4, -0.2) is 11.5 Å². The summed E-state index contributed by atoms with van der Waals surface area (Å²) in [6.45, 7) is 2.60. The van der Waals surface area contributed by atoms with Crippen LogP contribution in [0.4, 0.5) is 24.5 Å². The summed E-state index contributed by atoms with van der Waals surface area (Å²) in [5.74, 6) is 0. The molecule has 0 aliphatic rings. The van der Waals surface area contributed by atoms with Crippen molar-refractivity contribution in [1.29, 1.82) is 0 Å². The molecular formula is C10H14F3N3. The summed E-state index contributed by atoms with van der Waals surface area (Å²) >= 11 is 0. The molecule has 0 fully saturated rings. The van der Waals surface area contributed by atoms with Gasteiger partial charge in [-0.3, -0.25) is 0 Å².